The van der Waals surface area contributed by atoms with Crippen LogP contribution in [0.2, 0.25) is 0 Å². The molecule has 2 nitrogen and oxygen atoms in total. The highest BCUT2D eigenvalue weighted by Gasteiger charge is 2.16. The number of hydrogen-bond donors (Lipinski definition) is 1. The highest BCUT2D eigenvalue weighted by molar-refractivity contribution is 7.16. The number of nitrogens with zero attached hydrogens (tertiary/aromatic N) is 1. The molecule has 0 unspecified atom stereocenters. The van der Waals surface area contributed by atoms with Crippen molar-refractivity contribution in [3.63, 3.8) is 0 Å². The van der Waals surface area contributed by atoms with Crippen molar-refractivity contribution in [1.82, 2.24) is 10.3 Å². The van der Waals surface area contributed by atoms with Crippen LogP contribution in [0.15, 0.2) is 23.7 Å². The van der Waals surface area contributed by atoms with Gasteiger partial charge in [-0.25, -0.2) is 4.98 Å². The second-order valence-corrected chi connectivity index (χ2v) is 5.47. The van der Waals surface area contributed by atoms with Gasteiger partial charge in [0.15, 0.2) is 0 Å². The molecular weight excluding hydrogens is 216 g/mol. The fraction of sp³-hybridized carbons (Fsp3) is 0.462. The zero-order valence-corrected chi connectivity index (χ0v) is 10.1. The summed E-state index contributed by atoms with van der Waals surface area (Å²) in [5.41, 5.74) is 4.39. The van der Waals surface area contributed by atoms with E-state index in [2.05, 4.69) is 28.5 Å². The Labute approximate surface area is 99.7 Å². The van der Waals surface area contributed by atoms with E-state index in [-0.39, 0.29) is 0 Å². The van der Waals surface area contributed by atoms with E-state index in [0.717, 1.165) is 18.0 Å². The number of fused-ring (bicyclic) bond motifs is 1. The number of thiazole rings is 1. The molecule has 1 saturated carbocycles. The summed E-state index contributed by atoms with van der Waals surface area (Å²) < 4.78 is 1.28. The Kier molecular flexibility index (Phi) is 2.89. The third-order valence-corrected chi connectivity index (χ3v) is 4.19. The largest absolute Gasteiger partial charge is 0.312 e. The average Bonchev–Trinajstić information content (AvgIpc) is 2.68. The molecule has 1 aromatic heterocycles. The molecular formula is C13H16N2S. The molecule has 1 aromatic carbocycles. The van der Waals surface area contributed by atoms with Gasteiger partial charge in [-0.1, -0.05) is 12.5 Å². The van der Waals surface area contributed by atoms with Crippen molar-refractivity contribution in [2.75, 3.05) is 6.54 Å². The summed E-state index contributed by atoms with van der Waals surface area (Å²) in [4.78, 5) is 4.34. The van der Waals surface area contributed by atoms with Gasteiger partial charge in [-0.3, -0.25) is 0 Å². The van der Waals surface area contributed by atoms with Crippen molar-refractivity contribution >= 4 is 21.6 Å². The van der Waals surface area contributed by atoms with Gasteiger partial charge < -0.3 is 5.32 Å². The van der Waals surface area contributed by atoms with Crippen molar-refractivity contribution in [1.29, 1.82) is 0 Å². The Morgan fingerprint density at radius 3 is 3.12 bits per heavy atom. The molecule has 3 heteroatoms. The smallest absolute Gasteiger partial charge is 0.0815 e. The van der Waals surface area contributed by atoms with Gasteiger partial charge in [0.1, 0.15) is 0 Å². The number of benzene rings is 1. The lowest BCUT2D eigenvalue weighted by Crippen LogP contribution is -2.26. The van der Waals surface area contributed by atoms with Crippen LogP contribution in [0, 0.1) is 5.92 Å². The molecule has 0 saturated heterocycles. The molecule has 1 aliphatic carbocycles. The van der Waals surface area contributed by atoms with Gasteiger partial charge in [0.05, 0.1) is 15.7 Å². The molecule has 2 aromatic rings. The summed E-state index contributed by atoms with van der Waals surface area (Å²) in [5, 5.41) is 3.54. The topological polar surface area (TPSA) is 24.9 Å². The molecule has 3 rings (SSSR count). The summed E-state index contributed by atoms with van der Waals surface area (Å²) in [5.74, 6) is 0.933. The van der Waals surface area contributed by atoms with E-state index in [1.165, 1.54) is 36.1 Å². The van der Waals surface area contributed by atoms with Crippen LogP contribution in [0.3, 0.4) is 0 Å². The molecule has 84 valence electrons. The Hall–Kier alpha value is -0.930. The summed E-state index contributed by atoms with van der Waals surface area (Å²) in [6.45, 7) is 2.15. The van der Waals surface area contributed by atoms with Crippen molar-refractivity contribution < 1.29 is 0 Å². The number of hydrogen-bond acceptors (Lipinski definition) is 3. The van der Waals surface area contributed by atoms with Crippen LogP contribution in [-0.4, -0.2) is 11.5 Å². The minimum absolute atomic E-state index is 0.933. The molecule has 0 radical (unpaired) electrons. The van der Waals surface area contributed by atoms with Gasteiger partial charge in [0, 0.05) is 6.54 Å². The normalized spacial score (nSPS) is 16.5. The summed E-state index contributed by atoms with van der Waals surface area (Å²) in [6.07, 6.45) is 4.26. The predicted octanol–water partition coefficient (Wildman–Crippen LogP) is 3.19. The predicted molar refractivity (Wildman–Crippen MR) is 68.7 cm³/mol. The summed E-state index contributed by atoms with van der Waals surface area (Å²) in [7, 11) is 0. The average molecular weight is 232 g/mol. The van der Waals surface area contributed by atoms with Crippen molar-refractivity contribution in [2.45, 2.75) is 25.8 Å². The summed E-state index contributed by atoms with van der Waals surface area (Å²) >= 11 is 1.71. The first kappa shape index (κ1) is 10.2. The fourth-order valence-electron chi connectivity index (χ4n) is 2.13. The van der Waals surface area contributed by atoms with Gasteiger partial charge in [0.2, 0.25) is 0 Å². The van der Waals surface area contributed by atoms with Crippen LogP contribution in [0.25, 0.3) is 10.2 Å². The number of rotatable bonds is 4. The van der Waals surface area contributed by atoms with E-state index in [1.54, 1.807) is 11.3 Å². The molecule has 0 spiro atoms. The Bertz CT molecular complexity index is 473. The molecule has 1 N–H and O–H groups in total. The van der Waals surface area contributed by atoms with Gasteiger partial charge in [-0.05, 0) is 43.0 Å². The Balaban J connectivity index is 1.60. The van der Waals surface area contributed by atoms with Gasteiger partial charge in [-0.15, -0.1) is 11.3 Å². The van der Waals surface area contributed by atoms with Crippen LogP contribution in [0.5, 0.6) is 0 Å². The highest BCUT2D eigenvalue weighted by Crippen LogP contribution is 2.25. The number of aromatic nitrogens is 1. The van der Waals surface area contributed by atoms with E-state index >= 15 is 0 Å². The minimum atomic E-state index is 0.933. The second kappa shape index (κ2) is 4.52. The van der Waals surface area contributed by atoms with Gasteiger partial charge in [0.25, 0.3) is 0 Å². The van der Waals surface area contributed by atoms with Gasteiger partial charge >= 0.3 is 0 Å². The molecule has 0 atom stereocenters. The maximum absolute atomic E-state index is 4.34. The van der Waals surface area contributed by atoms with Crippen LogP contribution < -0.4 is 5.32 Å². The van der Waals surface area contributed by atoms with E-state index in [4.69, 9.17) is 0 Å². The second-order valence-electron chi connectivity index (χ2n) is 4.58. The van der Waals surface area contributed by atoms with Crippen LogP contribution in [0.4, 0.5) is 0 Å². The van der Waals surface area contributed by atoms with Crippen molar-refractivity contribution in [3.8, 4) is 0 Å². The van der Waals surface area contributed by atoms with Gasteiger partial charge in [-0.2, -0.15) is 0 Å². The first-order valence-corrected chi connectivity index (χ1v) is 6.82. The van der Waals surface area contributed by atoms with Crippen molar-refractivity contribution in [2.24, 2.45) is 5.92 Å². The first-order chi connectivity index (χ1) is 7.92. The monoisotopic (exact) mass is 232 g/mol. The quantitative estimate of drug-likeness (QED) is 0.875. The molecule has 1 aliphatic rings. The first-order valence-electron chi connectivity index (χ1n) is 5.95. The summed E-state index contributed by atoms with van der Waals surface area (Å²) in [6, 6.07) is 6.57. The van der Waals surface area contributed by atoms with E-state index in [0.29, 0.717) is 0 Å². The lowest BCUT2D eigenvalue weighted by Gasteiger charge is -2.25. The Morgan fingerprint density at radius 2 is 2.31 bits per heavy atom. The Morgan fingerprint density at radius 1 is 1.38 bits per heavy atom. The maximum Gasteiger partial charge on any atom is 0.0815 e. The molecule has 0 bridgehead atoms. The standard InChI is InChI=1S/C13H16N2S/c1-2-10(3-1)7-14-8-11-4-5-13-12(6-11)15-9-16-13/h4-6,9-10,14H,1-3,7-8H2. The van der Waals surface area contributed by atoms with Crippen LogP contribution in [0.1, 0.15) is 24.8 Å². The third kappa shape index (κ3) is 2.11. The third-order valence-electron chi connectivity index (χ3n) is 3.38. The highest BCUT2D eigenvalue weighted by atomic mass is 32.1. The molecule has 16 heavy (non-hydrogen) atoms. The fourth-order valence-corrected chi connectivity index (χ4v) is 2.79. The zero-order chi connectivity index (χ0) is 10.8. The lowest BCUT2D eigenvalue weighted by atomic mass is 9.85. The van der Waals surface area contributed by atoms with Crippen LogP contribution >= 0.6 is 11.3 Å². The van der Waals surface area contributed by atoms with Crippen LogP contribution in [-0.2, 0) is 6.54 Å². The lowest BCUT2D eigenvalue weighted by molar-refractivity contribution is 0.301. The molecule has 0 aliphatic heterocycles. The van der Waals surface area contributed by atoms with Crippen molar-refractivity contribution in [3.05, 3.63) is 29.3 Å². The van der Waals surface area contributed by atoms with E-state index < -0.39 is 0 Å². The van der Waals surface area contributed by atoms with E-state index in [9.17, 15) is 0 Å². The molecule has 1 fully saturated rings. The maximum atomic E-state index is 4.34. The molecule has 1 heterocycles. The zero-order valence-electron chi connectivity index (χ0n) is 9.28. The SMILES string of the molecule is c1nc2cc(CNCC3CCC3)ccc2s1. The van der Waals surface area contributed by atoms with E-state index in [1.807, 2.05) is 5.51 Å². The molecule has 0 amide bonds. The number of nitrogens with one attached hydrogen (secondary N) is 1. The minimum Gasteiger partial charge on any atom is -0.312 e.